The van der Waals surface area contributed by atoms with Gasteiger partial charge in [0.15, 0.2) is 10.2 Å². The Labute approximate surface area is 289 Å². The molecule has 8 heteroatoms. The topological polar surface area (TPSA) is 100 Å². The third-order valence-corrected chi connectivity index (χ3v) is 6.13. The van der Waals surface area contributed by atoms with Crippen LogP contribution in [0.1, 0.15) is 7.43 Å². The van der Waals surface area contributed by atoms with Gasteiger partial charge in [0.2, 0.25) is 0 Å². The van der Waals surface area contributed by atoms with Gasteiger partial charge in [-0.3, -0.25) is 0 Å². The number of anilines is 6. The van der Waals surface area contributed by atoms with Crippen molar-refractivity contribution in [2.24, 2.45) is 0 Å². The third-order valence-electron chi connectivity index (χ3n) is 5.73. The lowest BCUT2D eigenvalue weighted by Crippen LogP contribution is -2.18. The maximum Gasteiger partial charge on any atom is 0.175 e. The maximum absolute atomic E-state index is 5.36. The Morgan fingerprint density at radius 3 is 0.638 bits per heavy atom. The Morgan fingerprint density at radius 1 is 0.319 bits per heavy atom. The fraction of sp³-hybridized carbons (Fsp3) is 0.0256. The van der Waals surface area contributed by atoms with Crippen LogP contribution < -0.4 is 32.7 Å². The number of thiocarbonyl (C=S) groups is 2. The zero-order chi connectivity index (χ0) is 32.7. The molecule has 6 nitrogen and oxygen atoms in total. The first-order valence-corrected chi connectivity index (χ1v) is 15.3. The lowest BCUT2D eigenvalue weighted by Gasteiger charge is -2.09. The van der Waals surface area contributed by atoms with Gasteiger partial charge in [-0.05, 0) is 97.2 Å². The van der Waals surface area contributed by atoms with Crippen LogP contribution >= 0.6 is 24.4 Å². The summed E-state index contributed by atoms with van der Waals surface area (Å²) in [5.74, 6) is 0. The van der Waals surface area contributed by atoms with E-state index in [0.29, 0.717) is 10.2 Å². The van der Waals surface area contributed by atoms with Crippen molar-refractivity contribution in [3.8, 4) is 0 Å². The number of hydrogen-bond donors (Lipinski definition) is 6. The number of para-hydroxylation sites is 6. The quantitative estimate of drug-likeness (QED) is 0.0822. The van der Waals surface area contributed by atoms with Gasteiger partial charge in [0.1, 0.15) is 0 Å². The highest BCUT2D eigenvalue weighted by atomic mass is 32.1. The molecule has 0 saturated carbocycles. The summed E-state index contributed by atoms with van der Waals surface area (Å²) >= 11 is 10.4. The van der Waals surface area contributed by atoms with Crippen LogP contribution in [0.15, 0.2) is 182 Å². The molecule has 0 aliphatic heterocycles. The monoisotopic (exact) mass is 658 g/mol. The number of hydrogen-bond acceptors (Lipinski definition) is 4. The molecule has 0 aromatic heterocycles. The highest BCUT2D eigenvalue weighted by Gasteiger charge is 1.98. The summed E-state index contributed by atoms with van der Waals surface area (Å²) < 4.78 is 0. The van der Waals surface area contributed by atoms with E-state index < -0.39 is 0 Å². The van der Waals surface area contributed by atoms with Crippen molar-refractivity contribution in [3.05, 3.63) is 182 Å². The van der Waals surface area contributed by atoms with Crippen molar-refractivity contribution in [2.45, 2.75) is 7.43 Å². The molecule has 6 aromatic rings. The van der Waals surface area contributed by atoms with Crippen molar-refractivity contribution >= 4 is 68.8 Å². The molecule has 240 valence electrons. The van der Waals surface area contributed by atoms with E-state index in [-0.39, 0.29) is 7.43 Å². The van der Waals surface area contributed by atoms with E-state index in [1.54, 1.807) is 0 Å². The van der Waals surface area contributed by atoms with Crippen molar-refractivity contribution in [3.63, 3.8) is 0 Å². The zero-order valence-corrected chi connectivity index (χ0v) is 26.9. The van der Waals surface area contributed by atoms with Gasteiger partial charge in [-0.2, -0.15) is 0 Å². The highest BCUT2D eigenvalue weighted by Crippen LogP contribution is 2.10. The van der Waals surface area contributed by atoms with Crippen molar-refractivity contribution in [2.75, 3.05) is 32.7 Å². The molecule has 0 radical (unpaired) electrons. The Balaban J connectivity index is 0.000000231. The van der Waals surface area contributed by atoms with E-state index in [4.69, 9.17) is 35.9 Å². The minimum atomic E-state index is 0. The van der Waals surface area contributed by atoms with Gasteiger partial charge < -0.3 is 32.7 Å². The number of rotatable bonds is 4. The predicted octanol–water partition coefficient (Wildman–Crippen LogP) is 10.2. The zero-order valence-electron chi connectivity index (χ0n) is 25.3. The summed E-state index contributed by atoms with van der Waals surface area (Å²) in [4.78, 5) is 0. The van der Waals surface area contributed by atoms with Gasteiger partial charge in [-0.15, -0.1) is 0 Å². The lowest BCUT2D eigenvalue weighted by atomic mass is 10.3. The normalized spacial score (nSPS) is 9.02. The Morgan fingerprint density at radius 2 is 0.489 bits per heavy atom. The number of nitrogen functional groups attached to an aromatic ring is 2. The molecule has 0 amide bonds. The summed E-state index contributed by atoms with van der Waals surface area (Å²) in [5.41, 5.74) is 16.3. The summed E-state index contributed by atoms with van der Waals surface area (Å²) in [5, 5.41) is 13.6. The standard InChI is InChI=1S/2C13H12N2S.2C6H7N.CH4/c2*16-13(14-11-7-3-1-4-8-11)15-12-9-5-2-6-10-12;2*7-6-4-2-1-3-5-6;/h2*1-10H,(H2,14,15,16);2*1-5H,7H2;1H4. The summed E-state index contributed by atoms with van der Waals surface area (Å²) in [6.45, 7) is 0. The van der Waals surface area contributed by atoms with E-state index in [1.807, 2.05) is 182 Å². The van der Waals surface area contributed by atoms with Crippen LogP contribution in [0.2, 0.25) is 0 Å². The first kappa shape index (κ1) is 37.5. The molecule has 0 fully saturated rings. The van der Waals surface area contributed by atoms with Gasteiger partial charge in [-0.25, -0.2) is 0 Å². The molecule has 0 aliphatic rings. The van der Waals surface area contributed by atoms with Gasteiger partial charge in [0.25, 0.3) is 0 Å². The fourth-order valence-electron chi connectivity index (χ4n) is 3.58. The van der Waals surface area contributed by atoms with E-state index in [0.717, 1.165) is 34.1 Å². The molecular formula is C39H42N6S2. The Bertz CT molecular complexity index is 1440. The average Bonchev–Trinajstić information content (AvgIpc) is 3.08. The van der Waals surface area contributed by atoms with Crippen LogP contribution in [0.4, 0.5) is 34.1 Å². The summed E-state index contributed by atoms with van der Waals surface area (Å²) in [6, 6.07) is 58.4. The second-order valence-corrected chi connectivity index (χ2v) is 10.3. The molecule has 8 N–H and O–H groups in total. The summed E-state index contributed by atoms with van der Waals surface area (Å²) in [6.07, 6.45) is 0. The first-order valence-electron chi connectivity index (χ1n) is 14.4. The average molecular weight is 659 g/mol. The third kappa shape index (κ3) is 17.4. The maximum atomic E-state index is 5.36. The van der Waals surface area contributed by atoms with E-state index in [1.165, 1.54) is 0 Å². The van der Waals surface area contributed by atoms with Crippen LogP contribution in [0.5, 0.6) is 0 Å². The van der Waals surface area contributed by atoms with Gasteiger partial charge in [-0.1, -0.05) is 117 Å². The lowest BCUT2D eigenvalue weighted by molar-refractivity contribution is 1.60. The minimum Gasteiger partial charge on any atom is -0.399 e. The number of nitrogens with two attached hydrogens (primary N) is 2. The fourth-order valence-corrected chi connectivity index (χ4v) is 4.05. The Kier molecular flexibility index (Phi) is 18.1. The molecule has 0 bridgehead atoms. The van der Waals surface area contributed by atoms with Crippen LogP contribution in [-0.4, -0.2) is 10.2 Å². The SMILES string of the molecule is C.Nc1ccccc1.Nc1ccccc1.S=C(Nc1ccccc1)Nc1ccccc1.S=C(Nc1ccccc1)Nc1ccccc1. The van der Waals surface area contributed by atoms with E-state index >= 15 is 0 Å². The molecule has 0 saturated heterocycles. The number of benzene rings is 6. The van der Waals surface area contributed by atoms with E-state index in [2.05, 4.69) is 21.3 Å². The molecule has 0 atom stereocenters. The molecule has 0 heterocycles. The van der Waals surface area contributed by atoms with Crippen LogP contribution in [0.25, 0.3) is 0 Å². The van der Waals surface area contributed by atoms with Crippen molar-refractivity contribution in [1.82, 2.24) is 0 Å². The van der Waals surface area contributed by atoms with E-state index in [9.17, 15) is 0 Å². The second-order valence-electron chi connectivity index (χ2n) is 9.44. The van der Waals surface area contributed by atoms with Gasteiger partial charge in [0.05, 0.1) is 0 Å². The molecule has 6 aromatic carbocycles. The molecule has 47 heavy (non-hydrogen) atoms. The number of nitrogens with one attached hydrogen (secondary N) is 4. The molecule has 0 unspecified atom stereocenters. The largest absolute Gasteiger partial charge is 0.399 e. The molecular weight excluding hydrogens is 617 g/mol. The van der Waals surface area contributed by atoms with Crippen LogP contribution in [-0.2, 0) is 0 Å². The Hall–Kier alpha value is -5.70. The first-order chi connectivity index (χ1) is 22.5. The van der Waals surface area contributed by atoms with Crippen molar-refractivity contribution in [1.29, 1.82) is 0 Å². The molecule has 6 rings (SSSR count). The summed E-state index contributed by atoms with van der Waals surface area (Å²) in [7, 11) is 0. The van der Waals surface area contributed by atoms with Gasteiger partial charge >= 0.3 is 0 Å². The van der Waals surface area contributed by atoms with Gasteiger partial charge in [0, 0.05) is 34.1 Å². The second kappa shape index (κ2) is 22.8. The van der Waals surface area contributed by atoms with Crippen LogP contribution in [0, 0.1) is 0 Å². The van der Waals surface area contributed by atoms with Crippen molar-refractivity contribution < 1.29 is 0 Å². The highest BCUT2D eigenvalue weighted by molar-refractivity contribution is 7.81. The van der Waals surface area contributed by atoms with Crippen LogP contribution in [0.3, 0.4) is 0 Å². The minimum absolute atomic E-state index is 0. The smallest absolute Gasteiger partial charge is 0.175 e. The molecule has 0 spiro atoms. The predicted molar refractivity (Wildman–Crippen MR) is 214 cm³/mol. The molecule has 0 aliphatic carbocycles.